The lowest BCUT2D eigenvalue weighted by molar-refractivity contribution is 0.0827. The number of sulfonamides is 1. The minimum absolute atomic E-state index is 0.114. The molecule has 0 unspecified atom stereocenters. The molecule has 0 aliphatic rings. The molecule has 5 nitrogen and oxygen atoms in total. The normalized spacial score (nSPS) is 10.7. The van der Waals surface area contributed by atoms with E-state index >= 15 is 0 Å². The van der Waals surface area contributed by atoms with Gasteiger partial charge in [0.2, 0.25) is 10.0 Å². The highest BCUT2D eigenvalue weighted by atomic mass is 32.2. The van der Waals surface area contributed by atoms with Gasteiger partial charge in [0.25, 0.3) is 5.91 Å². The molecule has 1 N–H and O–H groups in total. The molecule has 0 bridgehead atoms. The van der Waals surface area contributed by atoms with Gasteiger partial charge < -0.3 is 4.90 Å². The van der Waals surface area contributed by atoms with Crippen LogP contribution in [0, 0.1) is 17.7 Å². The van der Waals surface area contributed by atoms with Gasteiger partial charge in [-0.15, -0.1) is 0 Å². The van der Waals surface area contributed by atoms with E-state index in [-0.39, 0.29) is 12.5 Å². The van der Waals surface area contributed by atoms with E-state index in [9.17, 15) is 17.6 Å². The summed E-state index contributed by atoms with van der Waals surface area (Å²) < 4.78 is 39.7. The molecule has 0 atom stereocenters. The number of rotatable bonds is 4. The fourth-order valence-electron chi connectivity index (χ4n) is 1.97. The molecule has 7 heteroatoms. The first kappa shape index (κ1) is 18.6. The number of halogens is 1. The molecule has 130 valence electrons. The lowest BCUT2D eigenvalue weighted by Gasteiger charge is -2.09. The maximum absolute atomic E-state index is 13.5. The third-order valence-corrected chi connectivity index (χ3v) is 4.68. The molecule has 0 spiro atoms. The van der Waals surface area contributed by atoms with Crippen LogP contribution in [-0.4, -0.2) is 39.9 Å². The molecular weight excluding hydrogens is 343 g/mol. The zero-order valence-corrected chi connectivity index (χ0v) is 14.6. The molecule has 0 saturated heterocycles. The predicted octanol–water partition coefficient (Wildman–Crippen LogP) is 1.86. The molecule has 0 saturated carbocycles. The molecule has 0 aliphatic heterocycles. The Morgan fingerprint density at radius 1 is 1.12 bits per heavy atom. The van der Waals surface area contributed by atoms with Crippen LogP contribution in [0.4, 0.5) is 4.39 Å². The molecule has 0 aliphatic carbocycles. The van der Waals surface area contributed by atoms with Gasteiger partial charge in [-0.25, -0.2) is 12.8 Å². The first-order chi connectivity index (χ1) is 11.8. The van der Waals surface area contributed by atoms with Crippen molar-refractivity contribution in [2.45, 2.75) is 4.90 Å². The quantitative estimate of drug-likeness (QED) is 0.847. The summed E-state index contributed by atoms with van der Waals surface area (Å²) in [5, 5.41) is 0. The van der Waals surface area contributed by atoms with Gasteiger partial charge in [-0.3, -0.25) is 4.79 Å². The SMILES string of the molecule is CN(C)C(=O)c1ccc(C#CCNS(=O)(=O)c2ccccc2F)cc1. The van der Waals surface area contributed by atoms with E-state index in [1.807, 2.05) is 0 Å². The number of hydrogen-bond acceptors (Lipinski definition) is 3. The van der Waals surface area contributed by atoms with Gasteiger partial charge in [0.15, 0.2) is 0 Å². The van der Waals surface area contributed by atoms with Crippen molar-refractivity contribution in [3.8, 4) is 11.8 Å². The van der Waals surface area contributed by atoms with Gasteiger partial charge in [-0.1, -0.05) is 24.0 Å². The number of carbonyl (C=O) groups excluding carboxylic acids is 1. The Morgan fingerprint density at radius 3 is 2.36 bits per heavy atom. The second-order valence-electron chi connectivity index (χ2n) is 5.33. The van der Waals surface area contributed by atoms with Crippen molar-refractivity contribution in [2.75, 3.05) is 20.6 Å². The fourth-order valence-corrected chi connectivity index (χ4v) is 2.97. The summed E-state index contributed by atoms with van der Waals surface area (Å²) in [5.41, 5.74) is 1.18. The largest absolute Gasteiger partial charge is 0.345 e. The third kappa shape index (κ3) is 4.89. The summed E-state index contributed by atoms with van der Waals surface area (Å²) in [5.74, 6) is 4.51. The Labute approximate surface area is 146 Å². The Bertz CT molecular complexity index is 927. The van der Waals surface area contributed by atoms with Gasteiger partial charge in [-0.2, -0.15) is 4.72 Å². The highest BCUT2D eigenvalue weighted by Gasteiger charge is 2.17. The van der Waals surface area contributed by atoms with E-state index < -0.39 is 20.7 Å². The molecule has 0 heterocycles. The van der Waals surface area contributed by atoms with E-state index in [1.165, 1.54) is 23.1 Å². The number of nitrogens with zero attached hydrogens (tertiary/aromatic N) is 1. The topological polar surface area (TPSA) is 66.5 Å². The average molecular weight is 360 g/mol. The van der Waals surface area contributed by atoms with E-state index in [0.717, 1.165) is 6.07 Å². The van der Waals surface area contributed by atoms with Crippen molar-refractivity contribution in [3.63, 3.8) is 0 Å². The summed E-state index contributed by atoms with van der Waals surface area (Å²) in [7, 11) is -0.622. The molecule has 0 aromatic heterocycles. The van der Waals surface area contributed by atoms with Crippen LogP contribution in [0.5, 0.6) is 0 Å². The van der Waals surface area contributed by atoms with Crippen molar-refractivity contribution < 1.29 is 17.6 Å². The number of benzene rings is 2. The average Bonchev–Trinajstić information content (AvgIpc) is 2.59. The highest BCUT2D eigenvalue weighted by Crippen LogP contribution is 2.12. The first-order valence-electron chi connectivity index (χ1n) is 7.36. The molecule has 2 rings (SSSR count). The Hall–Kier alpha value is -2.69. The van der Waals surface area contributed by atoms with Gasteiger partial charge in [0.1, 0.15) is 10.7 Å². The lowest BCUT2D eigenvalue weighted by Crippen LogP contribution is -2.24. The summed E-state index contributed by atoms with van der Waals surface area (Å²) in [6, 6.07) is 11.8. The zero-order valence-electron chi connectivity index (χ0n) is 13.8. The van der Waals surface area contributed by atoms with Gasteiger partial charge >= 0.3 is 0 Å². The van der Waals surface area contributed by atoms with Crippen molar-refractivity contribution in [3.05, 3.63) is 65.5 Å². The maximum Gasteiger partial charge on any atom is 0.253 e. The van der Waals surface area contributed by atoms with Crippen LogP contribution in [0.3, 0.4) is 0 Å². The Kier molecular flexibility index (Phi) is 5.91. The highest BCUT2D eigenvalue weighted by molar-refractivity contribution is 7.89. The van der Waals surface area contributed by atoms with Crippen LogP contribution in [-0.2, 0) is 10.0 Å². The van der Waals surface area contributed by atoms with Crippen molar-refractivity contribution in [1.29, 1.82) is 0 Å². The summed E-state index contributed by atoms with van der Waals surface area (Å²) in [4.78, 5) is 12.8. The minimum atomic E-state index is -3.95. The zero-order chi connectivity index (χ0) is 18.4. The molecule has 2 aromatic carbocycles. The standard InChI is InChI=1S/C18H17FN2O3S/c1-21(2)18(22)15-11-9-14(10-12-15)6-5-13-20-25(23,24)17-8-4-3-7-16(17)19/h3-4,7-12,20H,13H2,1-2H3. The predicted molar refractivity (Wildman–Crippen MR) is 92.9 cm³/mol. The molecule has 2 aromatic rings. The second kappa shape index (κ2) is 7.92. The van der Waals surface area contributed by atoms with Crippen LogP contribution in [0.15, 0.2) is 53.4 Å². The van der Waals surface area contributed by atoms with Crippen LogP contribution < -0.4 is 4.72 Å². The third-order valence-electron chi connectivity index (χ3n) is 3.25. The van der Waals surface area contributed by atoms with Crippen LogP contribution in [0.2, 0.25) is 0 Å². The van der Waals surface area contributed by atoms with Crippen molar-refractivity contribution in [1.82, 2.24) is 9.62 Å². The number of carbonyl (C=O) groups is 1. The second-order valence-corrected chi connectivity index (χ2v) is 7.07. The summed E-state index contributed by atoms with van der Waals surface area (Å²) in [6.45, 7) is -0.158. The van der Waals surface area contributed by atoms with Crippen LogP contribution >= 0.6 is 0 Å². The molecule has 0 fully saturated rings. The lowest BCUT2D eigenvalue weighted by atomic mass is 10.1. The molecule has 0 radical (unpaired) electrons. The van der Waals surface area contributed by atoms with Gasteiger partial charge in [0.05, 0.1) is 6.54 Å². The molecule has 25 heavy (non-hydrogen) atoms. The van der Waals surface area contributed by atoms with Crippen molar-refractivity contribution in [2.24, 2.45) is 0 Å². The summed E-state index contributed by atoms with van der Waals surface area (Å²) >= 11 is 0. The van der Waals surface area contributed by atoms with Gasteiger partial charge in [0, 0.05) is 25.2 Å². The molecular formula is C18H17FN2O3S. The van der Waals surface area contributed by atoms with E-state index in [2.05, 4.69) is 16.6 Å². The smallest absolute Gasteiger partial charge is 0.253 e. The van der Waals surface area contributed by atoms with Crippen LogP contribution in [0.1, 0.15) is 15.9 Å². The Morgan fingerprint density at radius 2 is 1.76 bits per heavy atom. The van der Waals surface area contributed by atoms with E-state index in [0.29, 0.717) is 11.1 Å². The van der Waals surface area contributed by atoms with Gasteiger partial charge in [-0.05, 0) is 36.4 Å². The fraction of sp³-hybridized carbons (Fsp3) is 0.167. The number of hydrogen-bond donors (Lipinski definition) is 1. The number of nitrogens with one attached hydrogen (secondary N) is 1. The minimum Gasteiger partial charge on any atom is -0.345 e. The van der Waals surface area contributed by atoms with Crippen LogP contribution in [0.25, 0.3) is 0 Å². The first-order valence-corrected chi connectivity index (χ1v) is 8.84. The number of amides is 1. The Balaban J connectivity index is 2.01. The van der Waals surface area contributed by atoms with E-state index in [4.69, 9.17) is 0 Å². The summed E-state index contributed by atoms with van der Waals surface area (Å²) in [6.07, 6.45) is 0. The monoisotopic (exact) mass is 360 g/mol. The maximum atomic E-state index is 13.5. The van der Waals surface area contributed by atoms with E-state index in [1.54, 1.807) is 38.4 Å². The van der Waals surface area contributed by atoms with Crippen molar-refractivity contribution >= 4 is 15.9 Å². The molecule has 1 amide bonds.